The molecular weight excluding hydrogens is 476 g/mol. The van der Waals surface area contributed by atoms with E-state index in [1.165, 1.54) is 16.8 Å². The second-order valence-corrected chi connectivity index (χ2v) is 10.3. The maximum atomic E-state index is 13.2. The summed E-state index contributed by atoms with van der Waals surface area (Å²) in [6.45, 7) is 7.85. The fourth-order valence-corrected chi connectivity index (χ4v) is 5.16. The Bertz CT molecular complexity index is 1330. The molecular formula is C31H34N4O3. The summed E-state index contributed by atoms with van der Waals surface area (Å²) in [4.78, 5) is 44.7. The van der Waals surface area contributed by atoms with Crippen molar-refractivity contribution in [3.05, 3.63) is 95.1 Å². The van der Waals surface area contributed by atoms with Crippen LogP contribution in [0.25, 0.3) is 0 Å². The Morgan fingerprint density at radius 1 is 0.868 bits per heavy atom. The first-order chi connectivity index (χ1) is 18.4. The Morgan fingerprint density at radius 3 is 2.34 bits per heavy atom. The minimum atomic E-state index is -0.415. The third-order valence-corrected chi connectivity index (χ3v) is 7.39. The van der Waals surface area contributed by atoms with Gasteiger partial charge in [-0.05, 0) is 55.3 Å². The van der Waals surface area contributed by atoms with Crippen LogP contribution in [0.5, 0.6) is 0 Å². The first-order valence-electron chi connectivity index (χ1n) is 13.2. The van der Waals surface area contributed by atoms with Gasteiger partial charge >= 0.3 is 0 Å². The lowest BCUT2D eigenvalue weighted by Gasteiger charge is -2.36. The van der Waals surface area contributed by atoms with E-state index in [4.69, 9.17) is 0 Å². The Kier molecular flexibility index (Phi) is 7.45. The minimum Gasteiger partial charge on any atom is -0.368 e. The number of aryl methyl sites for hydroxylation is 2. The number of nitrogens with one attached hydrogen (secondary N) is 1. The van der Waals surface area contributed by atoms with Crippen molar-refractivity contribution in [3.63, 3.8) is 0 Å². The molecule has 7 nitrogen and oxygen atoms in total. The standard InChI is InChI=1S/C31H34N4O3/c1-22-9-11-24(12-10-22)20-35-21-26(19-29(35)36)30(37)32-27-7-4-6-25(18-27)31(38)34-15-13-33(14-16-34)28-8-3-5-23(2)17-28/h3-12,17-18,26H,13-16,19-21H2,1-2H3,(H,32,37)/t26-/m1/s1. The number of benzene rings is 3. The van der Waals surface area contributed by atoms with Crippen LogP contribution >= 0.6 is 0 Å². The summed E-state index contributed by atoms with van der Waals surface area (Å²) in [5.41, 5.74) is 5.75. The van der Waals surface area contributed by atoms with Gasteiger partial charge in [0.05, 0.1) is 5.92 Å². The molecule has 3 amide bonds. The summed E-state index contributed by atoms with van der Waals surface area (Å²) in [6, 6.07) is 23.6. The van der Waals surface area contributed by atoms with Crippen LogP contribution < -0.4 is 10.2 Å². The average molecular weight is 511 g/mol. The number of hydrogen-bond acceptors (Lipinski definition) is 4. The van der Waals surface area contributed by atoms with Crippen LogP contribution in [-0.2, 0) is 16.1 Å². The van der Waals surface area contributed by atoms with Gasteiger partial charge in [-0.25, -0.2) is 0 Å². The Balaban J connectivity index is 1.16. The average Bonchev–Trinajstić information content (AvgIpc) is 3.30. The van der Waals surface area contributed by atoms with E-state index < -0.39 is 5.92 Å². The first kappa shape index (κ1) is 25.5. The van der Waals surface area contributed by atoms with E-state index >= 15 is 0 Å². The number of amides is 3. The molecule has 7 heteroatoms. The molecule has 2 heterocycles. The van der Waals surface area contributed by atoms with Gasteiger partial charge in [-0.2, -0.15) is 0 Å². The summed E-state index contributed by atoms with van der Waals surface area (Å²) >= 11 is 0. The number of hydrogen-bond donors (Lipinski definition) is 1. The molecule has 196 valence electrons. The Morgan fingerprint density at radius 2 is 1.61 bits per heavy atom. The van der Waals surface area contributed by atoms with E-state index in [0.717, 1.165) is 18.7 Å². The normalized spacial score (nSPS) is 17.6. The number of likely N-dealkylation sites (tertiary alicyclic amines) is 1. The van der Waals surface area contributed by atoms with Crippen molar-refractivity contribution in [1.82, 2.24) is 9.80 Å². The topological polar surface area (TPSA) is 73.0 Å². The molecule has 0 radical (unpaired) electrons. The zero-order valence-electron chi connectivity index (χ0n) is 22.0. The SMILES string of the molecule is Cc1ccc(CN2C[C@H](C(=O)Nc3cccc(C(=O)N4CCN(c5cccc(C)c5)CC4)c3)CC2=O)cc1. The lowest BCUT2D eigenvalue weighted by molar-refractivity contribution is -0.128. The monoisotopic (exact) mass is 510 g/mol. The molecule has 5 rings (SSSR count). The van der Waals surface area contributed by atoms with E-state index in [1.807, 2.05) is 36.1 Å². The van der Waals surface area contributed by atoms with Gasteiger partial charge in [-0.15, -0.1) is 0 Å². The van der Waals surface area contributed by atoms with Gasteiger partial charge < -0.3 is 20.0 Å². The van der Waals surface area contributed by atoms with E-state index in [-0.39, 0.29) is 24.1 Å². The molecule has 2 aliphatic rings. The van der Waals surface area contributed by atoms with Gasteiger partial charge in [0, 0.05) is 62.6 Å². The molecule has 0 bridgehead atoms. The van der Waals surface area contributed by atoms with Gasteiger partial charge in [0.1, 0.15) is 0 Å². The van der Waals surface area contributed by atoms with Crippen LogP contribution in [0.2, 0.25) is 0 Å². The largest absolute Gasteiger partial charge is 0.368 e. The highest BCUT2D eigenvalue weighted by atomic mass is 16.2. The summed E-state index contributed by atoms with van der Waals surface area (Å²) in [7, 11) is 0. The third kappa shape index (κ3) is 5.88. The minimum absolute atomic E-state index is 0.0144. The van der Waals surface area contributed by atoms with E-state index in [9.17, 15) is 14.4 Å². The summed E-state index contributed by atoms with van der Waals surface area (Å²) in [5, 5.41) is 2.93. The smallest absolute Gasteiger partial charge is 0.254 e. The van der Waals surface area contributed by atoms with Crippen LogP contribution in [0.4, 0.5) is 11.4 Å². The van der Waals surface area contributed by atoms with Gasteiger partial charge in [-0.1, -0.05) is 48.0 Å². The quantitative estimate of drug-likeness (QED) is 0.538. The molecule has 2 fully saturated rings. The maximum Gasteiger partial charge on any atom is 0.254 e. The first-order valence-corrected chi connectivity index (χ1v) is 13.2. The van der Waals surface area contributed by atoms with Gasteiger partial charge in [-0.3, -0.25) is 14.4 Å². The number of piperazine rings is 1. The van der Waals surface area contributed by atoms with E-state index in [2.05, 4.69) is 41.4 Å². The van der Waals surface area contributed by atoms with Crippen molar-refractivity contribution < 1.29 is 14.4 Å². The summed E-state index contributed by atoms with van der Waals surface area (Å²) < 4.78 is 0. The predicted molar refractivity (Wildman–Crippen MR) is 149 cm³/mol. The van der Waals surface area contributed by atoms with Crippen LogP contribution in [0.1, 0.15) is 33.5 Å². The van der Waals surface area contributed by atoms with Gasteiger partial charge in [0.15, 0.2) is 0 Å². The molecule has 38 heavy (non-hydrogen) atoms. The fourth-order valence-electron chi connectivity index (χ4n) is 5.16. The molecule has 2 aliphatic heterocycles. The number of rotatable bonds is 6. The van der Waals surface area contributed by atoms with Crippen molar-refractivity contribution in [3.8, 4) is 0 Å². The second kappa shape index (κ2) is 11.1. The van der Waals surface area contributed by atoms with Crippen molar-refractivity contribution in [1.29, 1.82) is 0 Å². The summed E-state index contributed by atoms with van der Waals surface area (Å²) in [6.07, 6.45) is 0.196. The van der Waals surface area contributed by atoms with Crippen LogP contribution in [0, 0.1) is 19.8 Å². The molecule has 0 saturated carbocycles. The molecule has 2 saturated heterocycles. The van der Waals surface area contributed by atoms with Crippen molar-refractivity contribution >= 4 is 29.1 Å². The molecule has 1 atom stereocenters. The second-order valence-electron chi connectivity index (χ2n) is 10.3. The predicted octanol–water partition coefficient (Wildman–Crippen LogP) is 4.25. The third-order valence-electron chi connectivity index (χ3n) is 7.39. The van der Waals surface area contributed by atoms with Crippen molar-refractivity contribution in [2.24, 2.45) is 5.92 Å². The highest BCUT2D eigenvalue weighted by Gasteiger charge is 2.34. The lowest BCUT2D eigenvalue weighted by atomic mass is 10.1. The molecule has 3 aromatic rings. The zero-order valence-corrected chi connectivity index (χ0v) is 22.0. The fraction of sp³-hybridized carbons (Fsp3) is 0.323. The number of nitrogens with zero attached hydrogens (tertiary/aromatic N) is 3. The maximum absolute atomic E-state index is 13.2. The molecule has 3 aromatic carbocycles. The van der Waals surface area contributed by atoms with Crippen LogP contribution in [-0.4, -0.2) is 60.2 Å². The van der Waals surface area contributed by atoms with Crippen molar-refractivity contribution in [2.75, 3.05) is 42.9 Å². The van der Waals surface area contributed by atoms with E-state index in [0.29, 0.717) is 37.4 Å². The Labute approximate surface area is 224 Å². The number of carbonyl (C=O) groups is 3. The molecule has 0 unspecified atom stereocenters. The van der Waals surface area contributed by atoms with Crippen molar-refractivity contribution in [2.45, 2.75) is 26.8 Å². The lowest BCUT2D eigenvalue weighted by Crippen LogP contribution is -2.48. The Hall–Kier alpha value is -4.13. The zero-order chi connectivity index (χ0) is 26.6. The van der Waals surface area contributed by atoms with Crippen LogP contribution in [0.15, 0.2) is 72.8 Å². The number of anilines is 2. The molecule has 1 N–H and O–H groups in total. The summed E-state index contributed by atoms with van der Waals surface area (Å²) in [5.74, 6) is -0.659. The highest BCUT2D eigenvalue weighted by Crippen LogP contribution is 2.23. The molecule has 0 aliphatic carbocycles. The highest BCUT2D eigenvalue weighted by molar-refractivity contribution is 5.99. The van der Waals surface area contributed by atoms with Gasteiger partial charge in [0.2, 0.25) is 11.8 Å². The molecule has 0 aromatic heterocycles. The number of carbonyl (C=O) groups excluding carboxylic acids is 3. The van der Waals surface area contributed by atoms with Crippen LogP contribution in [0.3, 0.4) is 0 Å². The molecule has 0 spiro atoms. The van der Waals surface area contributed by atoms with E-state index in [1.54, 1.807) is 29.2 Å². The van der Waals surface area contributed by atoms with Gasteiger partial charge in [0.25, 0.3) is 5.91 Å².